The predicted octanol–water partition coefficient (Wildman–Crippen LogP) is -0.395. The molecule has 3 nitrogen and oxygen atoms in total. The molecule has 0 aromatic rings. The molecule has 3 heteroatoms. The maximum Gasteiger partial charge on any atom is 0.103 e. The third kappa shape index (κ3) is 1.95. The second-order valence-electron chi connectivity index (χ2n) is 1.57. The number of hydrogen-bond acceptors (Lipinski definition) is 3. The fourth-order valence-electron chi connectivity index (χ4n) is 0.421. The summed E-state index contributed by atoms with van der Waals surface area (Å²) in [6.07, 6.45) is 0. The highest BCUT2D eigenvalue weighted by Crippen LogP contribution is 1.88. The van der Waals surface area contributed by atoms with Gasteiger partial charge in [0.1, 0.15) is 5.76 Å². The van der Waals surface area contributed by atoms with Gasteiger partial charge in [-0.05, 0) is 7.05 Å². The van der Waals surface area contributed by atoms with Crippen LogP contribution in [0.15, 0.2) is 12.3 Å². The molecule has 0 heterocycles. The highest BCUT2D eigenvalue weighted by atomic mass is 16.3. The third-order valence-electron chi connectivity index (χ3n) is 0.986. The smallest absolute Gasteiger partial charge is 0.103 e. The molecule has 1 atom stereocenters. The SMILES string of the molecule is C=C(O)[C@@H](CN)NC. The van der Waals surface area contributed by atoms with Crippen molar-refractivity contribution in [2.45, 2.75) is 6.04 Å². The molecular formula is C5H12N2O. The van der Waals surface area contributed by atoms with Crippen LogP contribution >= 0.6 is 0 Å². The monoisotopic (exact) mass is 116 g/mol. The lowest BCUT2D eigenvalue weighted by molar-refractivity contribution is 0.353. The van der Waals surface area contributed by atoms with Crippen molar-refractivity contribution in [3.63, 3.8) is 0 Å². The molecule has 0 spiro atoms. The van der Waals surface area contributed by atoms with Crippen LogP contribution in [0, 0.1) is 0 Å². The quantitative estimate of drug-likeness (QED) is 0.440. The summed E-state index contributed by atoms with van der Waals surface area (Å²) < 4.78 is 0. The van der Waals surface area contributed by atoms with Gasteiger partial charge in [-0.2, -0.15) is 0 Å². The van der Waals surface area contributed by atoms with Gasteiger partial charge < -0.3 is 16.2 Å². The Bertz CT molecular complexity index is 78.5. The van der Waals surface area contributed by atoms with Crippen LogP contribution in [0.2, 0.25) is 0 Å². The second-order valence-corrected chi connectivity index (χ2v) is 1.57. The molecule has 0 amide bonds. The molecule has 4 N–H and O–H groups in total. The molecule has 0 aromatic carbocycles. The van der Waals surface area contributed by atoms with Crippen molar-refractivity contribution in [1.29, 1.82) is 0 Å². The molecule has 0 aliphatic carbocycles. The summed E-state index contributed by atoms with van der Waals surface area (Å²) in [6.45, 7) is 3.69. The molecule has 0 radical (unpaired) electrons. The Morgan fingerprint density at radius 2 is 2.50 bits per heavy atom. The third-order valence-corrected chi connectivity index (χ3v) is 0.986. The molecule has 0 rings (SSSR count). The first-order valence-corrected chi connectivity index (χ1v) is 2.47. The van der Waals surface area contributed by atoms with Gasteiger partial charge in [-0.15, -0.1) is 0 Å². The van der Waals surface area contributed by atoms with Crippen LogP contribution in [-0.4, -0.2) is 24.7 Å². The van der Waals surface area contributed by atoms with Crippen molar-refractivity contribution in [1.82, 2.24) is 5.32 Å². The van der Waals surface area contributed by atoms with Crippen LogP contribution < -0.4 is 11.1 Å². The molecule has 0 aliphatic heterocycles. The number of nitrogens with two attached hydrogens (primary N) is 1. The Hall–Kier alpha value is -0.540. The van der Waals surface area contributed by atoms with Gasteiger partial charge in [-0.1, -0.05) is 6.58 Å². The van der Waals surface area contributed by atoms with Gasteiger partial charge in [0, 0.05) is 6.54 Å². The molecule has 0 unspecified atom stereocenters. The van der Waals surface area contributed by atoms with E-state index in [9.17, 15) is 0 Å². The van der Waals surface area contributed by atoms with Crippen molar-refractivity contribution in [3.8, 4) is 0 Å². The number of likely N-dealkylation sites (N-methyl/N-ethyl adjacent to an activating group) is 1. The maximum atomic E-state index is 8.68. The topological polar surface area (TPSA) is 58.3 Å². The van der Waals surface area contributed by atoms with E-state index in [0.29, 0.717) is 6.54 Å². The molecular weight excluding hydrogens is 104 g/mol. The fraction of sp³-hybridized carbons (Fsp3) is 0.600. The molecule has 0 saturated carbocycles. The van der Waals surface area contributed by atoms with Crippen LogP contribution in [0.25, 0.3) is 0 Å². The van der Waals surface area contributed by atoms with E-state index in [0.717, 1.165) is 0 Å². The summed E-state index contributed by atoms with van der Waals surface area (Å²) >= 11 is 0. The molecule has 8 heavy (non-hydrogen) atoms. The minimum absolute atomic E-state index is 0.0926. The van der Waals surface area contributed by atoms with Crippen LogP contribution in [0.3, 0.4) is 0 Å². The second kappa shape index (κ2) is 3.46. The highest BCUT2D eigenvalue weighted by Gasteiger charge is 2.03. The van der Waals surface area contributed by atoms with Gasteiger partial charge in [0.05, 0.1) is 6.04 Å². The fourth-order valence-corrected chi connectivity index (χ4v) is 0.421. The normalized spacial score (nSPS) is 13.2. The van der Waals surface area contributed by atoms with E-state index in [-0.39, 0.29) is 11.8 Å². The van der Waals surface area contributed by atoms with Crippen molar-refractivity contribution < 1.29 is 5.11 Å². The van der Waals surface area contributed by atoms with E-state index in [1.165, 1.54) is 0 Å². The van der Waals surface area contributed by atoms with E-state index in [1.54, 1.807) is 7.05 Å². The average molecular weight is 116 g/mol. The summed E-state index contributed by atoms with van der Waals surface area (Å²) in [5.41, 5.74) is 5.20. The van der Waals surface area contributed by atoms with Crippen LogP contribution in [0.4, 0.5) is 0 Å². The Morgan fingerprint density at radius 3 is 2.50 bits per heavy atom. The average Bonchev–Trinajstić information content (AvgIpc) is 1.69. The lowest BCUT2D eigenvalue weighted by atomic mass is 10.3. The minimum atomic E-state index is -0.157. The number of aliphatic hydroxyl groups is 1. The van der Waals surface area contributed by atoms with E-state index in [1.807, 2.05) is 0 Å². The molecule has 48 valence electrons. The molecule has 0 fully saturated rings. The Labute approximate surface area is 49.2 Å². The van der Waals surface area contributed by atoms with Gasteiger partial charge in [0.2, 0.25) is 0 Å². The highest BCUT2D eigenvalue weighted by molar-refractivity contribution is 4.94. The van der Waals surface area contributed by atoms with Crippen LogP contribution in [0.5, 0.6) is 0 Å². The van der Waals surface area contributed by atoms with Gasteiger partial charge in [-0.3, -0.25) is 0 Å². The van der Waals surface area contributed by atoms with E-state index < -0.39 is 0 Å². The summed E-state index contributed by atoms with van der Waals surface area (Å²) in [4.78, 5) is 0. The largest absolute Gasteiger partial charge is 0.511 e. The summed E-state index contributed by atoms with van der Waals surface area (Å²) in [6, 6.07) is -0.157. The number of rotatable bonds is 3. The minimum Gasteiger partial charge on any atom is -0.511 e. The summed E-state index contributed by atoms with van der Waals surface area (Å²) in [5, 5.41) is 11.5. The lowest BCUT2D eigenvalue weighted by Crippen LogP contribution is -2.34. The van der Waals surface area contributed by atoms with Crippen molar-refractivity contribution in [3.05, 3.63) is 12.3 Å². The van der Waals surface area contributed by atoms with Gasteiger partial charge in [0.25, 0.3) is 0 Å². The van der Waals surface area contributed by atoms with Crippen LogP contribution in [-0.2, 0) is 0 Å². The van der Waals surface area contributed by atoms with Gasteiger partial charge in [-0.25, -0.2) is 0 Å². The van der Waals surface area contributed by atoms with Crippen LogP contribution in [0.1, 0.15) is 0 Å². The zero-order chi connectivity index (χ0) is 6.57. The first kappa shape index (κ1) is 7.46. The molecule has 0 aromatic heterocycles. The Morgan fingerprint density at radius 1 is 2.00 bits per heavy atom. The Balaban J connectivity index is 3.52. The first-order valence-electron chi connectivity index (χ1n) is 2.47. The predicted molar refractivity (Wildman–Crippen MR) is 33.7 cm³/mol. The first-order chi connectivity index (χ1) is 3.72. The van der Waals surface area contributed by atoms with Crippen molar-refractivity contribution in [2.24, 2.45) is 5.73 Å². The van der Waals surface area contributed by atoms with Gasteiger partial charge in [0.15, 0.2) is 0 Å². The number of aliphatic hydroxyl groups excluding tert-OH is 1. The summed E-state index contributed by atoms with van der Waals surface area (Å²) in [7, 11) is 1.72. The van der Waals surface area contributed by atoms with E-state index in [2.05, 4.69) is 11.9 Å². The standard InChI is InChI=1S/C5H12N2O/c1-4(8)5(3-6)7-2/h5,7-8H,1,3,6H2,2H3/t5-/m1/s1. The number of hydrogen-bond donors (Lipinski definition) is 3. The molecule has 0 aliphatic rings. The van der Waals surface area contributed by atoms with Crippen molar-refractivity contribution in [2.75, 3.05) is 13.6 Å². The molecule has 0 saturated heterocycles. The number of nitrogens with one attached hydrogen (secondary N) is 1. The Kier molecular flexibility index (Phi) is 3.23. The van der Waals surface area contributed by atoms with E-state index >= 15 is 0 Å². The van der Waals surface area contributed by atoms with Crippen molar-refractivity contribution >= 4 is 0 Å². The zero-order valence-corrected chi connectivity index (χ0v) is 5.02. The van der Waals surface area contributed by atoms with E-state index in [4.69, 9.17) is 10.8 Å². The maximum absolute atomic E-state index is 8.68. The lowest BCUT2D eigenvalue weighted by Gasteiger charge is -2.09. The summed E-state index contributed by atoms with van der Waals surface area (Å²) in [5.74, 6) is 0.0926. The van der Waals surface area contributed by atoms with Gasteiger partial charge >= 0.3 is 0 Å². The molecule has 0 bridgehead atoms. The zero-order valence-electron chi connectivity index (χ0n) is 5.02.